The van der Waals surface area contributed by atoms with Crippen LogP contribution < -0.4 is 25.3 Å². The van der Waals surface area contributed by atoms with E-state index in [0.29, 0.717) is 44.4 Å². The van der Waals surface area contributed by atoms with E-state index in [-0.39, 0.29) is 12.1 Å². The SMILES string of the molecule is COc1cc2nc(NC3CCC(C4CCC4)CC3N)ncc2cc1-c1c(Cl)c(OC)cc(OC)c1Cl. The van der Waals surface area contributed by atoms with E-state index in [0.717, 1.165) is 35.6 Å². The molecule has 3 atom stereocenters. The Hall–Kier alpha value is -2.48. The average molecular weight is 531 g/mol. The van der Waals surface area contributed by atoms with E-state index in [9.17, 15) is 0 Å². The summed E-state index contributed by atoms with van der Waals surface area (Å²) in [5, 5.41) is 5.04. The lowest BCUT2D eigenvalue weighted by Crippen LogP contribution is -2.47. The summed E-state index contributed by atoms with van der Waals surface area (Å²) in [5.41, 5.74) is 8.56. The van der Waals surface area contributed by atoms with Gasteiger partial charge < -0.3 is 25.3 Å². The normalized spacial score (nSPS) is 22.2. The van der Waals surface area contributed by atoms with Crippen LogP contribution in [0, 0.1) is 11.8 Å². The number of fused-ring (bicyclic) bond motifs is 1. The molecule has 2 fully saturated rings. The van der Waals surface area contributed by atoms with Gasteiger partial charge in [-0.05, 0) is 37.2 Å². The van der Waals surface area contributed by atoms with Crippen LogP contribution in [0.1, 0.15) is 38.5 Å². The minimum atomic E-state index is 0.105. The van der Waals surface area contributed by atoms with Crippen LogP contribution in [-0.4, -0.2) is 43.4 Å². The number of halogens is 2. The molecule has 1 heterocycles. The highest BCUT2D eigenvalue weighted by molar-refractivity contribution is 6.41. The zero-order valence-corrected chi connectivity index (χ0v) is 22.3. The third-order valence-corrected chi connectivity index (χ3v) is 8.57. The van der Waals surface area contributed by atoms with Gasteiger partial charge in [-0.25, -0.2) is 9.97 Å². The molecule has 0 amide bonds. The Morgan fingerprint density at radius 2 is 1.58 bits per heavy atom. The van der Waals surface area contributed by atoms with Gasteiger partial charge in [-0.3, -0.25) is 0 Å². The lowest BCUT2D eigenvalue weighted by molar-refractivity contribution is 0.146. The first-order valence-corrected chi connectivity index (χ1v) is 13.2. The van der Waals surface area contributed by atoms with Gasteiger partial charge in [-0.15, -0.1) is 0 Å². The van der Waals surface area contributed by atoms with Crippen molar-refractivity contribution in [3.05, 3.63) is 34.4 Å². The lowest BCUT2D eigenvalue weighted by atomic mass is 9.68. The maximum absolute atomic E-state index is 6.67. The van der Waals surface area contributed by atoms with E-state index in [1.54, 1.807) is 33.6 Å². The number of rotatable bonds is 7. The number of nitrogens with two attached hydrogens (primary N) is 1. The molecule has 2 aromatic carbocycles. The van der Waals surface area contributed by atoms with Crippen molar-refractivity contribution in [1.82, 2.24) is 9.97 Å². The summed E-state index contributed by atoms with van der Waals surface area (Å²) in [6.07, 6.45) is 9.22. The average Bonchev–Trinajstić information content (AvgIpc) is 2.84. The molecule has 0 aliphatic heterocycles. The molecule has 192 valence electrons. The van der Waals surface area contributed by atoms with Crippen LogP contribution in [-0.2, 0) is 0 Å². The van der Waals surface area contributed by atoms with E-state index >= 15 is 0 Å². The predicted molar refractivity (Wildman–Crippen MR) is 145 cm³/mol. The number of nitrogens with zero attached hydrogens (tertiary/aromatic N) is 2. The Labute approximate surface area is 221 Å². The summed E-state index contributed by atoms with van der Waals surface area (Å²) in [7, 11) is 4.69. The number of nitrogens with one attached hydrogen (secondary N) is 1. The van der Waals surface area contributed by atoms with Crippen LogP contribution in [0.25, 0.3) is 22.0 Å². The van der Waals surface area contributed by atoms with E-state index in [1.807, 2.05) is 12.1 Å². The standard InChI is InChI=1S/C27H32Cl2N4O3/c1-34-21-11-20-16(9-17(21)24-25(28)22(35-2)12-23(36-3)26(24)29)13-31-27(33-20)32-19-8-7-15(10-18(19)30)14-5-4-6-14/h9,11-15,18-19H,4-8,10,30H2,1-3H3,(H,31,32,33). The van der Waals surface area contributed by atoms with Crippen molar-refractivity contribution >= 4 is 40.1 Å². The van der Waals surface area contributed by atoms with Gasteiger partial charge in [0.05, 0.1) is 36.9 Å². The number of benzene rings is 2. The Balaban J connectivity index is 1.45. The fraction of sp³-hybridized carbons (Fsp3) is 0.481. The fourth-order valence-corrected chi connectivity index (χ4v) is 6.24. The molecule has 36 heavy (non-hydrogen) atoms. The van der Waals surface area contributed by atoms with Crippen molar-refractivity contribution < 1.29 is 14.2 Å². The van der Waals surface area contributed by atoms with Crippen LogP contribution in [0.15, 0.2) is 24.4 Å². The van der Waals surface area contributed by atoms with Crippen molar-refractivity contribution in [2.24, 2.45) is 17.6 Å². The third kappa shape index (κ3) is 4.64. The molecule has 3 aromatic rings. The molecular formula is C27H32Cl2N4O3. The van der Waals surface area contributed by atoms with E-state index in [2.05, 4.69) is 10.3 Å². The second kappa shape index (κ2) is 10.5. The number of ether oxygens (including phenoxy) is 3. The van der Waals surface area contributed by atoms with Gasteiger partial charge in [0.15, 0.2) is 0 Å². The van der Waals surface area contributed by atoms with Crippen molar-refractivity contribution in [2.45, 2.75) is 50.6 Å². The minimum Gasteiger partial charge on any atom is -0.496 e. The molecule has 3 unspecified atom stereocenters. The van der Waals surface area contributed by atoms with Crippen molar-refractivity contribution in [3.63, 3.8) is 0 Å². The smallest absolute Gasteiger partial charge is 0.223 e. The second-order valence-electron chi connectivity index (χ2n) is 9.77. The van der Waals surface area contributed by atoms with Crippen LogP contribution >= 0.6 is 23.2 Å². The van der Waals surface area contributed by atoms with Crippen LogP contribution in [0.5, 0.6) is 17.2 Å². The van der Waals surface area contributed by atoms with Gasteiger partial charge in [-0.1, -0.05) is 42.5 Å². The molecule has 0 spiro atoms. The monoisotopic (exact) mass is 530 g/mol. The lowest BCUT2D eigenvalue weighted by Gasteiger charge is -2.41. The van der Waals surface area contributed by atoms with Gasteiger partial charge in [0, 0.05) is 46.9 Å². The largest absolute Gasteiger partial charge is 0.496 e. The first kappa shape index (κ1) is 25.2. The van der Waals surface area contributed by atoms with Crippen LogP contribution in [0.2, 0.25) is 10.0 Å². The highest BCUT2D eigenvalue weighted by atomic mass is 35.5. The number of aromatic nitrogens is 2. The van der Waals surface area contributed by atoms with E-state index in [1.165, 1.54) is 25.7 Å². The number of hydrogen-bond acceptors (Lipinski definition) is 7. The summed E-state index contributed by atoms with van der Waals surface area (Å²) in [4.78, 5) is 9.35. The molecule has 0 saturated heterocycles. The highest BCUT2D eigenvalue weighted by Crippen LogP contribution is 2.49. The van der Waals surface area contributed by atoms with Crippen molar-refractivity contribution in [2.75, 3.05) is 26.6 Å². The third-order valence-electron chi connectivity index (χ3n) is 7.82. The van der Waals surface area contributed by atoms with Crippen LogP contribution in [0.3, 0.4) is 0 Å². The summed E-state index contributed by atoms with van der Waals surface area (Å²) in [6.45, 7) is 0. The zero-order valence-electron chi connectivity index (χ0n) is 20.8. The maximum atomic E-state index is 6.67. The first-order chi connectivity index (χ1) is 17.4. The summed E-state index contributed by atoms with van der Waals surface area (Å²) in [5.74, 6) is 3.69. The van der Waals surface area contributed by atoms with Gasteiger partial charge in [0.1, 0.15) is 17.2 Å². The summed E-state index contributed by atoms with van der Waals surface area (Å²) in [6, 6.07) is 5.71. The number of methoxy groups -OCH3 is 3. The molecule has 2 saturated carbocycles. The Morgan fingerprint density at radius 3 is 2.17 bits per heavy atom. The number of anilines is 1. The Morgan fingerprint density at radius 1 is 0.889 bits per heavy atom. The predicted octanol–water partition coefficient (Wildman–Crippen LogP) is 6.34. The van der Waals surface area contributed by atoms with Gasteiger partial charge in [-0.2, -0.15) is 0 Å². The summed E-state index contributed by atoms with van der Waals surface area (Å²) >= 11 is 13.3. The van der Waals surface area contributed by atoms with Crippen LogP contribution in [0.4, 0.5) is 5.95 Å². The zero-order chi connectivity index (χ0) is 25.4. The quantitative estimate of drug-likeness (QED) is 0.368. The van der Waals surface area contributed by atoms with E-state index < -0.39 is 0 Å². The van der Waals surface area contributed by atoms with E-state index in [4.69, 9.17) is 48.1 Å². The van der Waals surface area contributed by atoms with Crippen molar-refractivity contribution in [1.29, 1.82) is 0 Å². The van der Waals surface area contributed by atoms with Gasteiger partial charge in [0.2, 0.25) is 5.95 Å². The highest BCUT2D eigenvalue weighted by Gasteiger charge is 2.35. The molecular weight excluding hydrogens is 499 g/mol. The molecule has 3 N–H and O–H groups in total. The first-order valence-electron chi connectivity index (χ1n) is 12.4. The topological polar surface area (TPSA) is 91.5 Å². The molecule has 7 nitrogen and oxygen atoms in total. The number of hydrogen-bond donors (Lipinski definition) is 2. The summed E-state index contributed by atoms with van der Waals surface area (Å²) < 4.78 is 16.6. The minimum absolute atomic E-state index is 0.105. The second-order valence-corrected chi connectivity index (χ2v) is 10.5. The molecule has 1 aromatic heterocycles. The fourth-order valence-electron chi connectivity index (χ4n) is 5.54. The van der Waals surface area contributed by atoms with Gasteiger partial charge in [0.25, 0.3) is 0 Å². The maximum Gasteiger partial charge on any atom is 0.223 e. The van der Waals surface area contributed by atoms with Gasteiger partial charge >= 0.3 is 0 Å². The van der Waals surface area contributed by atoms with Crippen molar-refractivity contribution in [3.8, 4) is 28.4 Å². The molecule has 9 heteroatoms. The molecule has 2 aliphatic carbocycles. The molecule has 0 radical (unpaired) electrons. The Bertz CT molecular complexity index is 1240. The molecule has 0 bridgehead atoms. The molecule has 2 aliphatic rings. The Kier molecular flexibility index (Phi) is 7.33. The molecule has 5 rings (SSSR count).